The zero-order valence-electron chi connectivity index (χ0n) is 40.4. The number of rotatable bonds is 48. The molecule has 0 saturated carbocycles. The molecule has 3 atom stereocenters. The van der Waals surface area contributed by atoms with Gasteiger partial charge in [-0.3, -0.25) is 9.59 Å². The second kappa shape index (κ2) is 48.4. The van der Waals surface area contributed by atoms with Gasteiger partial charge in [0.05, 0.1) is 25.2 Å². The fourth-order valence-corrected chi connectivity index (χ4v) is 8.25. The fraction of sp³-hybridized carbons (Fsp3) is 0.889. The third-order valence-electron chi connectivity index (χ3n) is 12.3. The Morgan fingerprint density at radius 3 is 1.27 bits per heavy atom. The van der Waals surface area contributed by atoms with Crippen LogP contribution in [0.15, 0.2) is 24.3 Å². The van der Waals surface area contributed by atoms with Crippen LogP contribution >= 0.6 is 0 Å². The first-order valence-corrected chi connectivity index (χ1v) is 26.6. The molecule has 60 heavy (non-hydrogen) atoms. The molecule has 1 amide bonds. The van der Waals surface area contributed by atoms with Gasteiger partial charge in [-0.15, -0.1) is 0 Å². The lowest BCUT2D eigenvalue weighted by Gasteiger charge is -2.24. The Morgan fingerprint density at radius 1 is 0.483 bits per heavy atom. The Labute approximate surface area is 373 Å². The Kier molecular flexibility index (Phi) is 47.0. The van der Waals surface area contributed by atoms with Gasteiger partial charge in [0.15, 0.2) is 0 Å². The number of unbranched alkanes of at least 4 members (excludes halogenated alkanes) is 33. The first-order chi connectivity index (χ1) is 29.5. The maximum Gasteiger partial charge on any atom is 0.306 e. The van der Waals surface area contributed by atoms with E-state index in [1.165, 1.54) is 167 Å². The monoisotopic (exact) mass is 846 g/mol. The van der Waals surface area contributed by atoms with Crippen molar-refractivity contribution >= 4 is 11.9 Å². The van der Waals surface area contributed by atoms with Gasteiger partial charge in [0, 0.05) is 6.42 Å². The molecule has 0 saturated heterocycles. The Morgan fingerprint density at radius 2 is 0.833 bits per heavy atom. The molecule has 0 heterocycles. The number of nitrogens with one attached hydrogen (secondary N) is 1. The molecule has 0 aliphatic rings. The summed E-state index contributed by atoms with van der Waals surface area (Å²) in [6.45, 7) is 6.47. The number of aliphatic hydroxyl groups is 2. The van der Waals surface area contributed by atoms with Gasteiger partial charge in [0.2, 0.25) is 5.91 Å². The van der Waals surface area contributed by atoms with Gasteiger partial charge in [0.1, 0.15) is 6.10 Å². The van der Waals surface area contributed by atoms with Gasteiger partial charge in [-0.2, -0.15) is 0 Å². The van der Waals surface area contributed by atoms with Gasteiger partial charge in [-0.25, -0.2) is 0 Å². The van der Waals surface area contributed by atoms with Crippen molar-refractivity contribution in [1.29, 1.82) is 0 Å². The molecule has 6 heteroatoms. The number of ether oxygens (including phenoxy) is 1. The molecule has 0 aromatic heterocycles. The summed E-state index contributed by atoms with van der Waals surface area (Å²) in [5.74, 6) is -0.479. The van der Waals surface area contributed by atoms with Crippen LogP contribution in [0.25, 0.3) is 0 Å². The molecule has 354 valence electrons. The fourth-order valence-electron chi connectivity index (χ4n) is 8.25. The van der Waals surface area contributed by atoms with Crippen molar-refractivity contribution in [2.75, 3.05) is 6.61 Å². The average Bonchev–Trinajstić information content (AvgIpc) is 3.24. The molecule has 0 aliphatic carbocycles. The highest BCUT2D eigenvalue weighted by Crippen LogP contribution is 2.18. The van der Waals surface area contributed by atoms with Crippen molar-refractivity contribution in [2.45, 2.75) is 302 Å². The molecule has 0 spiro atoms. The first-order valence-electron chi connectivity index (χ1n) is 26.6. The topological polar surface area (TPSA) is 95.9 Å². The molecular formula is C54H103NO5. The quantitative estimate of drug-likeness (QED) is 0.0322. The van der Waals surface area contributed by atoms with E-state index in [1.54, 1.807) is 0 Å². The van der Waals surface area contributed by atoms with Crippen molar-refractivity contribution in [1.82, 2.24) is 5.32 Å². The number of amides is 1. The van der Waals surface area contributed by atoms with Gasteiger partial charge >= 0.3 is 5.97 Å². The SMILES string of the molecule is CCCCC/C=C/C=C/CCCCCCC(CC(=O)NC(CO)C(O)CCCCCCCCCCCCCC)OC(=O)CCCCCCCCCCCCCCCCCC. The van der Waals surface area contributed by atoms with Crippen LogP contribution in [0.3, 0.4) is 0 Å². The highest BCUT2D eigenvalue weighted by atomic mass is 16.5. The lowest BCUT2D eigenvalue weighted by atomic mass is 10.0. The molecule has 0 aromatic rings. The summed E-state index contributed by atoms with van der Waals surface area (Å²) in [5.41, 5.74) is 0. The molecule has 0 aromatic carbocycles. The van der Waals surface area contributed by atoms with E-state index in [0.29, 0.717) is 19.3 Å². The number of carbonyl (C=O) groups excluding carboxylic acids is 2. The van der Waals surface area contributed by atoms with E-state index in [1.807, 2.05) is 0 Å². The minimum atomic E-state index is -0.788. The zero-order valence-corrected chi connectivity index (χ0v) is 40.4. The molecule has 3 unspecified atom stereocenters. The Bertz CT molecular complexity index is 950. The number of esters is 1. The number of carbonyl (C=O) groups is 2. The number of hydrogen-bond acceptors (Lipinski definition) is 5. The van der Waals surface area contributed by atoms with Crippen molar-refractivity contribution < 1.29 is 24.5 Å². The van der Waals surface area contributed by atoms with Gasteiger partial charge in [-0.05, 0) is 51.4 Å². The van der Waals surface area contributed by atoms with Crippen LogP contribution in [-0.2, 0) is 14.3 Å². The van der Waals surface area contributed by atoms with E-state index in [-0.39, 0.29) is 24.9 Å². The van der Waals surface area contributed by atoms with E-state index in [9.17, 15) is 19.8 Å². The molecule has 0 rings (SSSR count). The molecule has 3 N–H and O–H groups in total. The van der Waals surface area contributed by atoms with E-state index in [0.717, 1.165) is 70.6 Å². The van der Waals surface area contributed by atoms with Crippen LogP contribution in [0.1, 0.15) is 284 Å². The number of hydrogen-bond donors (Lipinski definition) is 3. The first kappa shape index (κ1) is 58.3. The highest BCUT2D eigenvalue weighted by molar-refractivity contribution is 5.77. The molecule has 0 radical (unpaired) electrons. The van der Waals surface area contributed by atoms with Crippen LogP contribution in [0.5, 0.6) is 0 Å². The zero-order chi connectivity index (χ0) is 43.8. The van der Waals surface area contributed by atoms with E-state index < -0.39 is 18.2 Å². The maximum absolute atomic E-state index is 13.2. The largest absolute Gasteiger partial charge is 0.462 e. The maximum atomic E-state index is 13.2. The number of aliphatic hydroxyl groups excluding tert-OH is 2. The second-order valence-corrected chi connectivity index (χ2v) is 18.3. The van der Waals surface area contributed by atoms with Crippen LogP contribution < -0.4 is 5.32 Å². The predicted molar refractivity (Wildman–Crippen MR) is 260 cm³/mol. The average molecular weight is 846 g/mol. The standard InChI is InChI=1S/C54H103NO5/c1-4-7-10-13-16-19-22-25-26-27-29-32-35-38-41-44-47-54(59)60-50(45-42-39-36-33-30-28-23-20-17-14-11-8-5-2)48-53(58)55-51(49-56)52(57)46-43-40-37-34-31-24-21-18-15-12-9-6-3/h17,20,23,28,50-52,56-57H,4-16,18-19,21-22,24-27,29-49H2,1-3H3,(H,55,58)/b20-17+,28-23+. The van der Waals surface area contributed by atoms with Crippen molar-refractivity contribution in [3.8, 4) is 0 Å². The van der Waals surface area contributed by atoms with Gasteiger partial charge in [-0.1, -0.05) is 244 Å². The molecule has 0 bridgehead atoms. The summed E-state index contributed by atoms with van der Waals surface area (Å²) in [6.07, 6.45) is 55.2. The third kappa shape index (κ3) is 43.0. The minimum absolute atomic E-state index is 0.0693. The predicted octanol–water partition coefficient (Wildman–Crippen LogP) is 15.9. The summed E-state index contributed by atoms with van der Waals surface area (Å²) < 4.78 is 5.93. The molecule has 0 fully saturated rings. The molecule has 6 nitrogen and oxygen atoms in total. The van der Waals surface area contributed by atoms with Crippen LogP contribution in [0, 0.1) is 0 Å². The van der Waals surface area contributed by atoms with Crippen LogP contribution in [-0.4, -0.2) is 46.9 Å². The lowest BCUT2D eigenvalue weighted by Crippen LogP contribution is -2.46. The molecular weight excluding hydrogens is 743 g/mol. The van der Waals surface area contributed by atoms with Crippen molar-refractivity contribution in [3.63, 3.8) is 0 Å². The molecule has 0 aliphatic heterocycles. The summed E-state index contributed by atoms with van der Waals surface area (Å²) in [7, 11) is 0. The summed E-state index contributed by atoms with van der Waals surface area (Å²) >= 11 is 0. The highest BCUT2D eigenvalue weighted by Gasteiger charge is 2.24. The smallest absolute Gasteiger partial charge is 0.306 e. The van der Waals surface area contributed by atoms with Crippen LogP contribution in [0.4, 0.5) is 0 Å². The normalized spacial score (nSPS) is 13.3. The van der Waals surface area contributed by atoms with E-state index in [4.69, 9.17) is 4.74 Å². The second-order valence-electron chi connectivity index (χ2n) is 18.3. The minimum Gasteiger partial charge on any atom is -0.462 e. The summed E-state index contributed by atoms with van der Waals surface area (Å²) in [4.78, 5) is 26.1. The van der Waals surface area contributed by atoms with E-state index >= 15 is 0 Å². The van der Waals surface area contributed by atoms with Crippen molar-refractivity contribution in [3.05, 3.63) is 24.3 Å². The van der Waals surface area contributed by atoms with E-state index in [2.05, 4.69) is 50.4 Å². The summed E-state index contributed by atoms with van der Waals surface area (Å²) in [5, 5.41) is 23.8. The third-order valence-corrected chi connectivity index (χ3v) is 12.3. The van der Waals surface area contributed by atoms with Crippen LogP contribution in [0.2, 0.25) is 0 Å². The van der Waals surface area contributed by atoms with Gasteiger partial charge < -0.3 is 20.3 Å². The number of allylic oxidation sites excluding steroid dienone is 4. The summed E-state index contributed by atoms with van der Waals surface area (Å²) in [6, 6.07) is -0.703. The Hall–Kier alpha value is -1.66. The van der Waals surface area contributed by atoms with Crippen molar-refractivity contribution in [2.24, 2.45) is 0 Å². The van der Waals surface area contributed by atoms with Gasteiger partial charge in [0.25, 0.3) is 0 Å². The Balaban J connectivity index is 4.55. The lowest BCUT2D eigenvalue weighted by molar-refractivity contribution is -0.151.